The Morgan fingerprint density at radius 2 is 2.05 bits per heavy atom. The molecule has 1 aliphatic heterocycles. The maximum atomic E-state index is 12.3. The van der Waals surface area contributed by atoms with Crippen molar-refractivity contribution in [2.45, 2.75) is 31.8 Å². The Balaban J connectivity index is 1.96. The average Bonchev–Trinajstić information content (AvgIpc) is 2.49. The van der Waals surface area contributed by atoms with Gasteiger partial charge in [0.2, 0.25) is 5.91 Å². The largest absolute Gasteiger partial charge is 0.397 e. The molecule has 5 nitrogen and oxygen atoms in total. The summed E-state index contributed by atoms with van der Waals surface area (Å²) in [5.41, 5.74) is 7.10. The summed E-state index contributed by atoms with van der Waals surface area (Å²) in [6, 6.07) is 7.51. The van der Waals surface area contributed by atoms with Crippen LogP contribution in [-0.4, -0.2) is 43.2 Å². The lowest BCUT2D eigenvalue weighted by Gasteiger charge is -2.34. The van der Waals surface area contributed by atoms with Gasteiger partial charge in [0.05, 0.1) is 17.4 Å². The molecule has 1 fully saturated rings. The average molecular weight is 277 g/mol. The normalized spacial score (nSPS) is 17.9. The van der Waals surface area contributed by atoms with Crippen LogP contribution in [-0.2, 0) is 9.53 Å². The SMILES string of the molecule is CC(C(=O)Nc1ccccc1N)N(C)C1CCOCC1. The zero-order valence-electron chi connectivity index (χ0n) is 12.1. The number of carbonyl (C=O) groups excluding carboxylic acids is 1. The van der Waals surface area contributed by atoms with Gasteiger partial charge in [0.15, 0.2) is 0 Å². The number of nitrogens with two attached hydrogens (primary N) is 1. The number of rotatable bonds is 4. The second kappa shape index (κ2) is 6.72. The molecule has 0 bridgehead atoms. The van der Waals surface area contributed by atoms with Gasteiger partial charge >= 0.3 is 0 Å². The van der Waals surface area contributed by atoms with E-state index in [1.807, 2.05) is 32.2 Å². The van der Waals surface area contributed by atoms with Crippen LogP contribution >= 0.6 is 0 Å². The van der Waals surface area contributed by atoms with Gasteiger partial charge in [0, 0.05) is 19.3 Å². The Bertz CT molecular complexity index is 458. The smallest absolute Gasteiger partial charge is 0.241 e. The molecule has 1 aliphatic rings. The molecule has 2 rings (SSSR count). The van der Waals surface area contributed by atoms with Crippen LogP contribution in [0.15, 0.2) is 24.3 Å². The Morgan fingerprint density at radius 1 is 1.40 bits per heavy atom. The number of para-hydroxylation sites is 2. The first-order valence-electron chi connectivity index (χ1n) is 7.04. The molecule has 0 saturated carbocycles. The highest BCUT2D eigenvalue weighted by molar-refractivity contribution is 5.97. The zero-order valence-corrected chi connectivity index (χ0v) is 12.1. The van der Waals surface area contributed by atoms with E-state index in [4.69, 9.17) is 10.5 Å². The molecule has 1 saturated heterocycles. The van der Waals surface area contributed by atoms with Crippen molar-refractivity contribution in [1.82, 2.24) is 4.90 Å². The van der Waals surface area contributed by atoms with E-state index in [1.165, 1.54) is 0 Å². The molecule has 1 atom stereocenters. The Hall–Kier alpha value is -1.59. The van der Waals surface area contributed by atoms with Gasteiger partial charge in [-0.15, -0.1) is 0 Å². The van der Waals surface area contributed by atoms with E-state index in [0.29, 0.717) is 17.4 Å². The van der Waals surface area contributed by atoms with Crippen molar-refractivity contribution < 1.29 is 9.53 Å². The van der Waals surface area contributed by atoms with Gasteiger partial charge in [-0.2, -0.15) is 0 Å². The third kappa shape index (κ3) is 3.49. The number of nitrogen functional groups attached to an aromatic ring is 1. The molecular formula is C15H23N3O2. The van der Waals surface area contributed by atoms with Gasteiger partial charge in [-0.3, -0.25) is 9.69 Å². The number of anilines is 2. The summed E-state index contributed by atoms with van der Waals surface area (Å²) in [6.45, 7) is 3.47. The highest BCUT2D eigenvalue weighted by Crippen LogP contribution is 2.19. The molecule has 20 heavy (non-hydrogen) atoms. The lowest BCUT2D eigenvalue weighted by atomic mass is 10.1. The standard InChI is InChI=1S/C15H23N3O2/c1-11(18(2)12-7-9-20-10-8-12)15(19)17-14-6-4-3-5-13(14)16/h3-6,11-12H,7-10,16H2,1-2H3,(H,17,19). The third-order valence-electron chi connectivity index (χ3n) is 3.98. The molecule has 0 radical (unpaired) electrons. The van der Waals surface area contributed by atoms with Crippen molar-refractivity contribution in [1.29, 1.82) is 0 Å². The first-order valence-corrected chi connectivity index (χ1v) is 7.04. The lowest BCUT2D eigenvalue weighted by molar-refractivity contribution is -0.121. The van der Waals surface area contributed by atoms with Crippen LogP contribution in [0.2, 0.25) is 0 Å². The predicted octanol–water partition coefficient (Wildman–Crippen LogP) is 1.71. The lowest BCUT2D eigenvalue weighted by Crippen LogP contribution is -2.47. The molecule has 3 N–H and O–H groups in total. The molecule has 1 aromatic rings. The zero-order chi connectivity index (χ0) is 14.5. The topological polar surface area (TPSA) is 67.6 Å². The van der Waals surface area contributed by atoms with E-state index in [1.54, 1.807) is 6.07 Å². The minimum absolute atomic E-state index is 0.0307. The number of nitrogens with one attached hydrogen (secondary N) is 1. The number of nitrogens with zero attached hydrogens (tertiary/aromatic N) is 1. The quantitative estimate of drug-likeness (QED) is 0.822. The van der Waals surface area contributed by atoms with Crippen LogP contribution in [0.25, 0.3) is 0 Å². The molecule has 1 aromatic carbocycles. The summed E-state index contributed by atoms with van der Waals surface area (Å²) >= 11 is 0. The Kier molecular flexibility index (Phi) is 4.98. The molecule has 1 heterocycles. The van der Waals surface area contributed by atoms with E-state index in [-0.39, 0.29) is 11.9 Å². The molecule has 5 heteroatoms. The summed E-state index contributed by atoms with van der Waals surface area (Å²) in [5, 5.41) is 2.89. The van der Waals surface area contributed by atoms with Gasteiger partial charge in [0.1, 0.15) is 0 Å². The van der Waals surface area contributed by atoms with Crippen LogP contribution in [0.3, 0.4) is 0 Å². The van der Waals surface area contributed by atoms with Gasteiger partial charge in [-0.05, 0) is 38.9 Å². The van der Waals surface area contributed by atoms with Gasteiger partial charge in [-0.25, -0.2) is 0 Å². The number of hydrogen-bond donors (Lipinski definition) is 2. The summed E-state index contributed by atoms with van der Waals surface area (Å²) in [5.74, 6) is -0.0307. The number of ether oxygens (including phenoxy) is 1. The van der Waals surface area contributed by atoms with Crippen molar-refractivity contribution in [3.8, 4) is 0 Å². The second-order valence-corrected chi connectivity index (χ2v) is 5.26. The van der Waals surface area contributed by atoms with Crippen molar-refractivity contribution >= 4 is 17.3 Å². The number of benzene rings is 1. The molecule has 1 unspecified atom stereocenters. The molecule has 1 amide bonds. The Labute approximate surface area is 120 Å². The van der Waals surface area contributed by atoms with Crippen LogP contribution in [0.5, 0.6) is 0 Å². The minimum atomic E-state index is -0.197. The second-order valence-electron chi connectivity index (χ2n) is 5.26. The highest BCUT2D eigenvalue weighted by Gasteiger charge is 2.26. The van der Waals surface area contributed by atoms with E-state index in [9.17, 15) is 4.79 Å². The number of hydrogen-bond acceptors (Lipinski definition) is 4. The minimum Gasteiger partial charge on any atom is -0.397 e. The molecular weight excluding hydrogens is 254 g/mol. The monoisotopic (exact) mass is 277 g/mol. The fourth-order valence-corrected chi connectivity index (χ4v) is 2.44. The molecule has 0 aromatic heterocycles. The van der Waals surface area contributed by atoms with Gasteiger partial charge < -0.3 is 15.8 Å². The van der Waals surface area contributed by atoms with E-state index in [2.05, 4.69) is 10.2 Å². The van der Waals surface area contributed by atoms with Crippen molar-refractivity contribution in [2.75, 3.05) is 31.3 Å². The highest BCUT2D eigenvalue weighted by atomic mass is 16.5. The summed E-state index contributed by atoms with van der Waals surface area (Å²) in [4.78, 5) is 14.4. The van der Waals surface area contributed by atoms with Crippen molar-refractivity contribution in [3.63, 3.8) is 0 Å². The first kappa shape index (κ1) is 14.8. The number of carbonyl (C=O) groups is 1. The Morgan fingerprint density at radius 3 is 2.70 bits per heavy atom. The maximum absolute atomic E-state index is 12.3. The summed E-state index contributed by atoms with van der Waals surface area (Å²) < 4.78 is 5.36. The number of likely N-dealkylation sites (N-methyl/N-ethyl adjacent to an activating group) is 1. The molecule has 110 valence electrons. The molecule has 0 spiro atoms. The first-order chi connectivity index (χ1) is 9.59. The van der Waals surface area contributed by atoms with Gasteiger partial charge in [0.25, 0.3) is 0 Å². The molecule has 0 aliphatic carbocycles. The van der Waals surface area contributed by atoms with Crippen LogP contribution in [0.1, 0.15) is 19.8 Å². The van der Waals surface area contributed by atoms with E-state index < -0.39 is 0 Å². The van der Waals surface area contributed by atoms with E-state index in [0.717, 1.165) is 26.1 Å². The third-order valence-corrected chi connectivity index (χ3v) is 3.98. The van der Waals surface area contributed by atoms with Crippen LogP contribution < -0.4 is 11.1 Å². The van der Waals surface area contributed by atoms with Crippen molar-refractivity contribution in [3.05, 3.63) is 24.3 Å². The van der Waals surface area contributed by atoms with E-state index >= 15 is 0 Å². The summed E-state index contributed by atoms with van der Waals surface area (Å²) in [7, 11) is 1.99. The predicted molar refractivity (Wildman–Crippen MR) is 80.6 cm³/mol. The number of amides is 1. The fourth-order valence-electron chi connectivity index (χ4n) is 2.44. The maximum Gasteiger partial charge on any atom is 0.241 e. The van der Waals surface area contributed by atoms with Crippen molar-refractivity contribution in [2.24, 2.45) is 0 Å². The van der Waals surface area contributed by atoms with Crippen LogP contribution in [0.4, 0.5) is 11.4 Å². The summed E-state index contributed by atoms with van der Waals surface area (Å²) in [6.07, 6.45) is 1.95. The van der Waals surface area contributed by atoms with Crippen LogP contribution in [0, 0.1) is 0 Å². The van der Waals surface area contributed by atoms with Gasteiger partial charge in [-0.1, -0.05) is 12.1 Å². The fraction of sp³-hybridized carbons (Fsp3) is 0.533.